The van der Waals surface area contributed by atoms with Crippen molar-refractivity contribution in [3.63, 3.8) is 0 Å². The number of carbonyl (C=O) groups is 1. The molecule has 1 aromatic rings. The quantitative estimate of drug-likeness (QED) is 0.834. The molecular weight excluding hydrogens is 350 g/mol. The lowest BCUT2D eigenvalue weighted by Crippen LogP contribution is -2.51. The molecule has 1 aliphatic rings. The predicted octanol–water partition coefficient (Wildman–Crippen LogP) is 1.07. The number of hydrogen-bond donors (Lipinski definition) is 2. The molecule has 0 aromatic heterocycles. The molecule has 0 unspecified atom stereocenters. The van der Waals surface area contributed by atoms with Gasteiger partial charge in [-0.25, -0.2) is 13.2 Å². The van der Waals surface area contributed by atoms with Crippen LogP contribution in [0.1, 0.15) is 15.9 Å². The zero-order valence-electron chi connectivity index (χ0n) is 10.7. The number of benzene rings is 1. The molecule has 1 aliphatic heterocycles. The van der Waals surface area contributed by atoms with E-state index in [-0.39, 0.29) is 36.1 Å². The molecule has 0 bridgehead atoms. The van der Waals surface area contributed by atoms with Crippen molar-refractivity contribution in [2.24, 2.45) is 5.92 Å². The number of rotatable bonds is 4. The summed E-state index contributed by atoms with van der Waals surface area (Å²) in [6.45, 7) is 2.09. The number of halogens is 1. The normalized spacial score (nSPS) is 16.9. The van der Waals surface area contributed by atoms with Crippen molar-refractivity contribution in [1.82, 2.24) is 4.31 Å². The number of aromatic carboxylic acids is 1. The third kappa shape index (κ3) is 2.60. The van der Waals surface area contributed by atoms with E-state index in [9.17, 15) is 13.2 Å². The third-order valence-electron chi connectivity index (χ3n) is 3.27. The molecule has 2 rings (SSSR count). The van der Waals surface area contributed by atoms with Crippen LogP contribution in [0.2, 0.25) is 0 Å². The average Bonchev–Trinajstić information content (AvgIpc) is 2.30. The minimum absolute atomic E-state index is 0.0488. The van der Waals surface area contributed by atoms with Crippen LogP contribution in [0.25, 0.3) is 0 Å². The molecule has 1 saturated heterocycles. The zero-order chi connectivity index (χ0) is 15.1. The van der Waals surface area contributed by atoms with E-state index in [1.54, 1.807) is 6.92 Å². The van der Waals surface area contributed by atoms with E-state index in [1.807, 2.05) is 0 Å². The molecule has 0 spiro atoms. The van der Waals surface area contributed by atoms with Crippen molar-refractivity contribution in [2.45, 2.75) is 11.8 Å². The summed E-state index contributed by atoms with van der Waals surface area (Å²) in [6, 6.07) is 2.57. The Morgan fingerprint density at radius 3 is 2.55 bits per heavy atom. The summed E-state index contributed by atoms with van der Waals surface area (Å²) in [5.41, 5.74) is 0.478. The highest BCUT2D eigenvalue weighted by molar-refractivity contribution is 9.10. The van der Waals surface area contributed by atoms with Gasteiger partial charge in [0, 0.05) is 30.1 Å². The molecule has 0 amide bonds. The Morgan fingerprint density at radius 2 is 2.05 bits per heavy atom. The van der Waals surface area contributed by atoms with Gasteiger partial charge >= 0.3 is 5.97 Å². The molecular formula is C12H14BrNO5S. The van der Waals surface area contributed by atoms with E-state index in [1.165, 1.54) is 10.4 Å². The topological polar surface area (TPSA) is 94.9 Å². The maximum absolute atomic E-state index is 12.4. The maximum Gasteiger partial charge on any atom is 0.335 e. The second-order valence-corrected chi connectivity index (χ2v) is 7.48. The third-order valence-corrected chi connectivity index (χ3v) is 6.44. The molecule has 1 fully saturated rings. The summed E-state index contributed by atoms with van der Waals surface area (Å²) in [4.78, 5) is 11.0. The van der Waals surface area contributed by atoms with Gasteiger partial charge in [0.25, 0.3) is 0 Å². The second-order valence-electron chi connectivity index (χ2n) is 4.78. The van der Waals surface area contributed by atoms with Gasteiger partial charge in [-0.05, 0) is 40.5 Å². The molecule has 2 N–H and O–H groups in total. The Bertz CT molecular complexity index is 652. The summed E-state index contributed by atoms with van der Waals surface area (Å²) in [7, 11) is -3.74. The van der Waals surface area contributed by atoms with Crippen LogP contribution in [0.5, 0.6) is 0 Å². The Morgan fingerprint density at radius 1 is 1.45 bits per heavy atom. The zero-order valence-corrected chi connectivity index (χ0v) is 13.1. The first kappa shape index (κ1) is 15.4. The lowest BCUT2D eigenvalue weighted by molar-refractivity contribution is 0.0696. The van der Waals surface area contributed by atoms with Crippen LogP contribution in [0.3, 0.4) is 0 Å². The van der Waals surface area contributed by atoms with Crippen LogP contribution in [0.15, 0.2) is 21.5 Å². The van der Waals surface area contributed by atoms with Crippen molar-refractivity contribution < 1.29 is 23.4 Å². The number of aliphatic hydroxyl groups excluding tert-OH is 1. The van der Waals surface area contributed by atoms with Gasteiger partial charge in [0.05, 0.1) is 10.5 Å². The van der Waals surface area contributed by atoms with Gasteiger partial charge < -0.3 is 10.2 Å². The highest BCUT2D eigenvalue weighted by Gasteiger charge is 2.37. The first-order valence-electron chi connectivity index (χ1n) is 5.91. The van der Waals surface area contributed by atoms with E-state index in [0.717, 1.165) is 6.07 Å². The molecule has 20 heavy (non-hydrogen) atoms. The number of carboxylic acid groups (broad SMARTS) is 1. The van der Waals surface area contributed by atoms with Crippen LogP contribution in [0.4, 0.5) is 0 Å². The summed E-state index contributed by atoms with van der Waals surface area (Å²) in [5.74, 6) is -1.22. The number of aliphatic hydroxyl groups is 1. The van der Waals surface area contributed by atoms with Gasteiger partial charge in [0.1, 0.15) is 0 Å². The maximum atomic E-state index is 12.4. The van der Waals surface area contributed by atoms with Crippen LogP contribution in [-0.4, -0.2) is 48.6 Å². The fourth-order valence-corrected chi connectivity index (χ4v) is 4.62. The average molecular weight is 364 g/mol. The smallest absolute Gasteiger partial charge is 0.335 e. The monoisotopic (exact) mass is 363 g/mol. The molecule has 1 aromatic carbocycles. The Kier molecular flexibility index (Phi) is 4.19. The van der Waals surface area contributed by atoms with Gasteiger partial charge in [-0.15, -0.1) is 0 Å². The standard InChI is InChI=1S/C12H14BrNO5S/c1-7-2-9(12(16)17)3-10(11(7)13)20(18,19)14-4-8(5-14)6-15/h2-3,8,15H,4-6H2,1H3,(H,16,17). The number of carboxylic acids is 1. The van der Waals surface area contributed by atoms with Gasteiger partial charge in [-0.3, -0.25) is 0 Å². The highest BCUT2D eigenvalue weighted by Crippen LogP contribution is 2.32. The summed E-state index contributed by atoms with van der Waals surface area (Å²) >= 11 is 3.20. The minimum atomic E-state index is -3.74. The van der Waals surface area contributed by atoms with Gasteiger partial charge in [-0.1, -0.05) is 0 Å². The van der Waals surface area contributed by atoms with E-state index in [4.69, 9.17) is 10.2 Å². The van der Waals surface area contributed by atoms with E-state index >= 15 is 0 Å². The van der Waals surface area contributed by atoms with Crippen molar-refractivity contribution in [3.8, 4) is 0 Å². The SMILES string of the molecule is Cc1cc(C(=O)O)cc(S(=O)(=O)N2CC(CO)C2)c1Br. The van der Waals surface area contributed by atoms with Crippen LogP contribution >= 0.6 is 15.9 Å². The summed E-state index contributed by atoms with van der Waals surface area (Å²) in [5, 5.41) is 18.0. The molecule has 110 valence electrons. The second kappa shape index (κ2) is 5.44. The number of nitrogens with zero attached hydrogens (tertiary/aromatic N) is 1. The lowest BCUT2D eigenvalue weighted by atomic mass is 10.1. The minimum Gasteiger partial charge on any atom is -0.478 e. The van der Waals surface area contributed by atoms with Gasteiger partial charge in [0.2, 0.25) is 10.0 Å². The fourth-order valence-electron chi connectivity index (χ4n) is 2.02. The van der Waals surface area contributed by atoms with Crippen LogP contribution in [-0.2, 0) is 10.0 Å². The number of hydrogen-bond acceptors (Lipinski definition) is 4. The van der Waals surface area contributed by atoms with Gasteiger partial charge in [0.15, 0.2) is 0 Å². The molecule has 0 saturated carbocycles. The molecule has 6 nitrogen and oxygen atoms in total. The first-order chi connectivity index (χ1) is 9.27. The van der Waals surface area contributed by atoms with Crippen molar-refractivity contribution in [3.05, 3.63) is 27.7 Å². The van der Waals surface area contributed by atoms with E-state index in [2.05, 4.69) is 15.9 Å². The molecule has 1 heterocycles. The highest BCUT2D eigenvalue weighted by atomic mass is 79.9. The largest absolute Gasteiger partial charge is 0.478 e. The van der Waals surface area contributed by atoms with Crippen molar-refractivity contribution in [2.75, 3.05) is 19.7 Å². The van der Waals surface area contributed by atoms with E-state index < -0.39 is 16.0 Å². The fraction of sp³-hybridized carbons (Fsp3) is 0.417. The lowest BCUT2D eigenvalue weighted by Gasteiger charge is -2.37. The summed E-state index contributed by atoms with van der Waals surface area (Å²) in [6.07, 6.45) is 0. The van der Waals surface area contributed by atoms with Gasteiger partial charge in [-0.2, -0.15) is 4.31 Å². The van der Waals surface area contributed by atoms with Crippen molar-refractivity contribution in [1.29, 1.82) is 0 Å². The van der Waals surface area contributed by atoms with E-state index in [0.29, 0.717) is 10.0 Å². The number of sulfonamides is 1. The molecule has 8 heteroatoms. The van der Waals surface area contributed by atoms with Crippen LogP contribution < -0.4 is 0 Å². The van der Waals surface area contributed by atoms with Crippen molar-refractivity contribution >= 4 is 31.9 Å². The first-order valence-corrected chi connectivity index (χ1v) is 8.15. The molecule has 0 aliphatic carbocycles. The number of aryl methyl sites for hydroxylation is 1. The summed E-state index contributed by atoms with van der Waals surface area (Å²) < 4.78 is 26.5. The Balaban J connectivity index is 2.44. The Hall–Kier alpha value is -0.960. The molecule has 0 atom stereocenters. The predicted molar refractivity (Wildman–Crippen MR) is 75.2 cm³/mol. The molecule has 0 radical (unpaired) electrons. The van der Waals surface area contributed by atoms with Crippen LogP contribution in [0, 0.1) is 12.8 Å². The Labute approximate surface area is 125 Å².